The summed E-state index contributed by atoms with van der Waals surface area (Å²) in [5.74, 6) is 0.865. The summed E-state index contributed by atoms with van der Waals surface area (Å²) >= 11 is 1.59. The van der Waals surface area contributed by atoms with Crippen molar-refractivity contribution in [1.29, 1.82) is 5.26 Å². The van der Waals surface area contributed by atoms with Crippen molar-refractivity contribution >= 4 is 27.5 Å². The third kappa shape index (κ3) is 5.04. The van der Waals surface area contributed by atoms with Gasteiger partial charge >= 0.3 is 0 Å². The highest BCUT2D eigenvalue weighted by Gasteiger charge is 2.10. The molecule has 20 heavy (non-hydrogen) atoms. The van der Waals surface area contributed by atoms with E-state index in [9.17, 15) is 13.7 Å². The molecular formula is C13H19N3O2S2. The number of benzene rings is 1. The molecule has 0 radical (unpaired) electrons. The maximum absolute atomic E-state index is 11.5. The summed E-state index contributed by atoms with van der Waals surface area (Å²) in [6.07, 6.45) is 0. The third-order valence-electron chi connectivity index (χ3n) is 2.49. The summed E-state index contributed by atoms with van der Waals surface area (Å²) in [5, 5.41) is 12.3. The minimum absolute atomic E-state index is 0.0170. The Morgan fingerprint density at radius 3 is 2.70 bits per heavy atom. The van der Waals surface area contributed by atoms with E-state index in [1.165, 1.54) is 0 Å². The molecule has 0 aliphatic carbocycles. The van der Waals surface area contributed by atoms with Crippen LogP contribution in [-0.2, 0) is 10.0 Å². The minimum atomic E-state index is -3.24. The van der Waals surface area contributed by atoms with E-state index in [1.54, 1.807) is 24.8 Å². The Labute approximate surface area is 124 Å². The molecule has 7 heteroatoms. The van der Waals surface area contributed by atoms with Crippen LogP contribution in [0.2, 0.25) is 0 Å². The number of rotatable bonds is 8. The monoisotopic (exact) mass is 313 g/mol. The molecule has 0 bridgehead atoms. The van der Waals surface area contributed by atoms with E-state index < -0.39 is 10.0 Å². The van der Waals surface area contributed by atoms with Crippen LogP contribution in [0.1, 0.15) is 19.4 Å². The molecular weight excluding hydrogens is 294 g/mol. The summed E-state index contributed by atoms with van der Waals surface area (Å²) in [6.45, 7) is 4.41. The van der Waals surface area contributed by atoms with Gasteiger partial charge in [0.05, 0.1) is 17.0 Å². The van der Waals surface area contributed by atoms with Gasteiger partial charge in [-0.2, -0.15) is 5.26 Å². The smallest absolute Gasteiger partial charge is 0.213 e. The SMILES string of the molecule is CCNS(=O)(=O)CCNc1cccc(SCC)c1C#N. The topological polar surface area (TPSA) is 82.0 Å². The van der Waals surface area contributed by atoms with Gasteiger partial charge in [0, 0.05) is 18.0 Å². The second-order valence-corrected chi connectivity index (χ2v) is 7.20. The predicted octanol–water partition coefficient (Wildman–Crippen LogP) is 2.02. The standard InChI is InChI=1S/C13H19N3O2S2/c1-3-16-20(17,18)9-8-15-12-6-5-7-13(19-4-2)11(12)10-14/h5-7,15-16H,3-4,8-9H2,1-2H3. The number of nitrogens with zero attached hydrogens (tertiary/aromatic N) is 1. The number of nitrogens with one attached hydrogen (secondary N) is 2. The Bertz CT molecular complexity index is 580. The van der Waals surface area contributed by atoms with Crippen LogP contribution in [0.15, 0.2) is 23.1 Å². The van der Waals surface area contributed by atoms with Gasteiger partial charge in [0.25, 0.3) is 0 Å². The predicted molar refractivity (Wildman–Crippen MR) is 83.5 cm³/mol. The van der Waals surface area contributed by atoms with Crippen LogP contribution in [0.25, 0.3) is 0 Å². The van der Waals surface area contributed by atoms with Crippen molar-refractivity contribution < 1.29 is 8.42 Å². The zero-order valence-electron chi connectivity index (χ0n) is 11.6. The fourth-order valence-corrected chi connectivity index (χ4v) is 3.42. The van der Waals surface area contributed by atoms with Gasteiger partial charge in [0.1, 0.15) is 6.07 Å². The lowest BCUT2D eigenvalue weighted by molar-refractivity contribution is 0.584. The van der Waals surface area contributed by atoms with Gasteiger partial charge in [-0.25, -0.2) is 13.1 Å². The Kier molecular flexibility index (Phi) is 6.85. The van der Waals surface area contributed by atoms with Crippen LogP contribution in [0.4, 0.5) is 5.69 Å². The van der Waals surface area contributed by atoms with Crippen molar-refractivity contribution in [2.75, 3.05) is 29.9 Å². The average molecular weight is 313 g/mol. The Hall–Kier alpha value is -1.23. The lowest BCUT2D eigenvalue weighted by Crippen LogP contribution is -2.29. The molecule has 1 aromatic rings. The van der Waals surface area contributed by atoms with Gasteiger partial charge in [-0.3, -0.25) is 0 Å². The van der Waals surface area contributed by atoms with Crippen LogP contribution in [-0.4, -0.2) is 33.0 Å². The first-order valence-corrected chi connectivity index (χ1v) is 9.05. The van der Waals surface area contributed by atoms with Gasteiger partial charge in [0.2, 0.25) is 10.0 Å². The lowest BCUT2D eigenvalue weighted by Gasteiger charge is -2.11. The Morgan fingerprint density at radius 1 is 1.35 bits per heavy atom. The van der Waals surface area contributed by atoms with E-state index in [0.717, 1.165) is 10.6 Å². The fraction of sp³-hybridized carbons (Fsp3) is 0.462. The molecule has 0 saturated carbocycles. The number of anilines is 1. The van der Waals surface area contributed by atoms with E-state index in [0.29, 0.717) is 17.8 Å². The van der Waals surface area contributed by atoms with Gasteiger partial charge in [0.15, 0.2) is 0 Å². The van der Waals surface area contributed by atoms with Crippen molar-refractivity contribution in [3.05, 3.63) is 23.8 Å². The molecule has 0 amide bonds. The van der Waals surface area contributed by atoms with Crippen LogP contribution in [0.5, 0.6) is 0 Å². The Balaban J connectivity index is 2.74. The second kappa shape index (κ2) is 8.15. The summed E-state index contributed by atoms with van der Waals surface area (Å²) in [5.41, 5.74) is 1.25. The Morgan fingerprint density at radius 2 is 2.10 bits per heavy atom. The normalized spacial score (nSPS) is 11.1. The maximum atomic E-state index is 11.5. The first-order chi connectivity index (χ1) is 9.54. The fourth-order valence-electron chi connectivity index (χ4n) is 1.68. The molecule has 110 valence electrons. The quantitative estimate of drug-likeness (QED) is 0.718. The summed E-state index contributed by atoms with van der Waals surface area (Å²) in [4.78, 5) is 0.912. The average Bonchev–Trinajstić information content (AvgIpc) is 2.39. The number of sulfonamides is 1. The largest absolute Gasteiger partial charge is 0.383 e. The molecule has 5 nitrogen and oxygen atoms in total. The van der Waals surface area contributed by atoms with Crippen molar-refractivity contribution in [1.82, 2.24) is 4.72 Å². The molecule has 2 N–H and O–H groups in total. The van der Waals surface area contributed by atoms with Crippen LogP contribution in [0, 0.1) is 11.3 Å². The molecule has 0 aromatic heterocycles. The molecule has 0 unspecified atom stereocenters. The summed E-state index contributed by atoms with van der Waals surface area (Å²) in [6, 6.07) is 7.72. The highest BCUT2D eigenvalue weighted by molar-refractivity contribution is 7.99. The van der Waals surface area contributed by atoms with E-state index in [2.05, 4.69) is 16.1 Å². The first-order valence-electron chi connectivity index (χ1n) is 6.41. The van der Waals surface area contributed by atoms with Crippen molar-refractivity contribution in [2.24, 2.45) is 0 Å². The zero-order chi connectivity index (χ0) is 15.0. The molecule has 0 atom stereocenters. The number of hydrogen-bond donors (Lipinski definition) is 2. The van der Waals surface area contributed by atoms with E-state index in [4.69, 9.17) is 0 Å². The maximum Gasteiger partial charge on any atom is 0.213 e. The van der Waals surface area contributed by atoms with Crippen LogP contribution >= 0.6 is 11.8 Å². The zero-order valence-corrected chi connectivity index (χ0v) is 13.3. The van der Waals surface area contributed by atoms with Crippen LogP contribution < -0.4 is 10.0 Å². The number of hydrogen-bond acceptors (Lipinski definition) is 5. The van der Waals surface area contributed by atoms with Gasteiger partial charge in [-0.15, -0.1) is 11.8 Å². The highest BCUT2D eigenvalue weighted by atomic mass is 32.2. The van der Waals surface area contributed by atoms with Crippen molar-refractivity contribution in [3.8, 4) is 6.07 Å². The van der Waals surface area contributed by atoms with Gasteiger partial charge < -0.3 is 5.32 Å². The summed E-state index contributed by atoms with van der Waals surface area (Å²) in [7, 11) is -3.24. The third-order valence-corrected chi connectivity index (χ3v) is 4.90. The molecule has 0 fully saturated rings. The van der Waals surface area contributed by atoms with E-state index in [-0.39, 0.29) is 12.3 Å². The van der Waals surface area contributed by atoms with Crippen LogP contribution in [0.3, 0.4) is 0 Å². The first kappa shape index (κ1) is 16.8. The molecule has 0 spiro atoms. The molecule has 0 heterocycles. The lowest BCUT2D eigenvalue weighted by atomic mass is 10.2. The van der Waals surface area contributed by atoms with Crippen molar-refractivity contribution in [3.63, 3.8) is 0 Å². The minimum Gasteiger partial charge on any atom is -0.383 e. The number of thioether (sulfide) groups is 1. The molecule has 0 saturated heterocycles. The molecule has 0 aliphatic rings. The second-order valence-electron chi connectivity index (χ2n) is 3.97. The summed E-state index contributed by atoms with van der Waals surface area (Å²) < 4.78 is 25.5. The van der Waals surface area contributed by atoms with Gasteiger partial charge in [-0.05, 0) is 17.9 Å². The number of nitriles is 1. The molecule has 1 aromatic carbocycles. The van der Waals surface area contributed by atoms with E-state index >= 15 is 0 Å². The highest BCUT2D eigenvalue weighted by Crippen LogP contribution is 2.27. The molecule has 1 rings (SSSR count). The van der Waals surface area contributed by atoms with Gasteiger partial charge in [-0.1, -0.05) is 19.9 Å². The molecule has 0 aliphatic heterocycles. The van der Waals surface area contributed by atoms with E-state index in [1.807, 2.05) is 19.1 Å². The van der Waals surface area contributed by atoms with Crippen molar-refractivity contribution in [2.45, 2.75) is 18.7 Å².